The fourth-order valence-corrected chi connectivity index (χ4v) is 1.11. The summed E-state index contributed by atoms with van der Waals surface area (Å²) in [6.45, 7) is 0. The van der Waals surface area contributed by atoms with Gasteiger partial charge >= 0.3 is 0 Å². The Balaban J connectivity index is 2.59. The largest absolute Gasteiger partial charge is 0.248 e. The number of hydrogen-bond donors (Lipinski definition) is 0. The van der Waals surface area contributed by atoms with Crippen LogP contribution >= 0.6 is 0 Å². The maximum atomic E-state index is 8.32. The van der Waals surface area contributed by atoms with Crippen LogP contribution in [0.2, 0.25) is 0 Å². The molecule has 0 bridgehead atoms. The van der Waals surface area contributed by atoms with Crippen LogP contribution in [0.4, 0.5) is 5.82 Å². The number of aromatic nitrogens is 7. The highest BCUT2D eigenvalue weighted by Crippen LogP contribution is 2.18. The first kappa shape index (κ1) is 7.58. The minimum absolute atomic E-state index is 0.0192. The van der Waals surface area contributed by atoms with Gasteiger partial charge in [0, 0.05) is 4.91 Å². The van der Waals surface area contributed by atoms with E-state index in [2.05, 4.69) is 45.5 Å². The van der Waals surface area contributed by atoms with Gasteiger partial charge in [0.05, 0.1) is 0 Å². The van der Waals surface area contributed by atoms with E-state index < -0.39 is 0 Å². The van der Waals surface area contributed by atoms with Gasteiger partial charge in [0.2, 0.25) is 16.9 Å². The van der Waals surface area contributed by atoms with Crippen molar-refractivity contribution in [3.8, 4) is 0 Å². The second kappa shape index (κ2) is 2.59. The van der Waals surface area contributed by atoms with Crippen LogP contribution in [0.25, 0.3) is 27.4 Å². The van der Waals surface area contributed by atoms with Gasteiger partial charge in [-0.05, 0) is 31.4 Å². The molecule has 0 aromatic carbocycles. The SMILES string of the molecule is [N-]=[N+]=Nc1nc2nonc2n2nnnc12. The Bertz CT molecular complexity index is 688. The molecule has 0 saturated carbocycles. The average molecular weight is 204 g/mol. The van der Waals surface area contributed by atoms with E-state index in [0.717, 1.165) is 0 Å². The summed E-state index contributed by atoms with van der Waals surface area (Å²) in [7, 11) is 0. The summed E-state index contributed by atoms with van der Waals surface area (Å²) in [5.74, 6) is 0.0192. The molecule has 11 nitrogen and oxygen atoms in total. The smallest absolute Gasteiger partial charge is 0.240 e. The monoisotopic (exact) mass is 204 g/mol. The molecule has 3 aromatic rings. The molecule has 0 atom stereocenters. The van der Waals surface area contributed by atoms with Crippen LogP contribution in [0.5, 0.6) is 0 Å². The summed E-state index contributed by atoms with van der Waals surface area (Å²) in [6.07, 6.45) is 0. The Morgan fingerprint density at radius 3 is 3.13 bits per heavy atom. The molecule has 0 saturated heterocycles. The summed E-state index contributed by atoms with van der Waals surface area (Å²) < 4.78 is 5.69. The van der Waals surface area contributed by atoms with Crippen molar-refractivity contribution in [2.24, 2.45) is 5.11 Å². The minimum Gasteiger partial charge on any atom is -0.240 e. The van der Waals surface area contributed by atoms with Crippen LogP contribution in [-0.4, -0.2) is 35.3 Å². The van der Waals surface area contributed by atoms with Gasteiger partial charge < -0.3 is 0 Å². The zero-order valence-corrected chi connectivity index (χ0v) is 6.88. The summed E-state index contributed by atoms with van der Waals surface area (Å²) in [4.78, 5) is 6.48. The van der Waals surface area contributed by atoms with Crippen molar-refractivity contribution in [1.82, 2.24) is 35.3 Å². The Labute approximate surface area is 79.3 Å². The number of azide groups is 1. The third-order valence-electron chi connectivity index (χ3n) is 1.68. The highest BCUT2D eigenvalue weighted by molar-refractivity contribution is 5.73. The number of fused-ring (bicyclic) bond motifs is 3. The molecule has 3 aromatic heterocycles. The number of rotatable bonds is 1. The van der Waals surface area contributed by atoms with Crippen molar-refractivity contribution in [3.63, 3.8) is 0 Å². The highest BCUT2D eigenvalue weighted by atomic mass is 16.6. The maximum Gasteiger partial charge on any atom is 0.248 e. The lowest BCUT2D eigenvalue weighted by Crippen LogP contribution is -1.93. The van der Waals surface area contributed by atoms with E-state index in [-0.39, 0.29) is 22.8 Å². The first-order valence-corrected chi connectivity index (χ1v) is 3.65. The second-order valence-corrected chi connectivity index (χ2v) is 2.45. The van der Waals surface area contributed by atoms with E-state index in [1.54, 1.807) is 0 Å². The van der Waals surface area contributed by atoms with Gasteiger partial charge in [-0.15, -0.1) is 5.10 Å². The van der Waals surface area contributed by atoms with Gasteiger partial charge in [-0.1, -0.05) is 0 Å². The predicted molar refractivity (Wildman–Crippen MR) is 42.7 cm³/mol. The van der Waals surface area contributed by atoms with Gasteiger partial charge in [-0.3, -0.25) is 0 Å². The molecule has 3 heterocycles. The molecule has 15 heavy (non-hydrogen) atoms. The molecule has 0 unspecified atom stereocenters. The van der Waals surface area contributed by atoms with Crippen LogP contribution in [-0.2, 0) is 0 Å². The average Bonchev–Trinajstić information content (AvgIpc) is 2.84. The van der Waals surface area contributed by atoms with Crippen molar-refractivity contribution < 1.29 is 4.63 Å². The predicted octanol–water partition coefficient (Wildman–Crippen LogP) is -0.00270. The molecule has 11 heteroatoms. The van der Waals surface area contributed by atoms with Crippen LogP contribution < -0.4 is 0 Å². The van der Waals surface area contributed by atoms with Gasteiger partial charge in [-0.2, -0.15) is 4.52 Å². The van der Waals surface area contributed by atoms with Gasteiger partial charge in [0.25, 0.3) is 0 Å². The molecule has 3 rings (SSSR count). The Morgan fingerprint density at radius 1 is 1.33 bits per heavy atom. The molecule has 0 aliphatic heterocycles. The second-order valence-electron chi connectivity index (χ2n) is 2.45. The zero-order chi connectivity index (χ0) is 10.3. The first-order valence-electron chi connectivity index (χ1n) is 3.65. The summed E-state index contributed by atoms with van der Waals surface area (Å²) in [6, 6.07) is 0. The number of hydrogen-bond acceptors (Lipinski definition) is 8. The summed E-state index contributed by atoms with van der Waals surface area (Å²) in [5, 5.41) is 21.1. The molecule has 0 aliphatic rings. The molecule has 0 N–H and O–H groups in total. The van der Waals surface area contributed by atoms with Gasteiger partial charge in [0.1, 0.15) is 0 Å². The molecule has 0 amide bonds. The quantitative estimate of drug-likeness (QED) is 0.308. The lowest BCUT2D eigenvalue weighted by molar-refractivity contribution is 0.313. The van der Waals surface area contributed by atoms with E-state index in [1.165, 1.54) is 4.52 Å². The molecule has 0 radical (unpaired) electrons. The molecular formula is C4N10O. The molecule has 0 fully saturated rings. The first-order chi connectivity index (χ1) is 7.40. The summed E-state index contributed by atoms with van der Waals surface area (Å²) >= 11 is 0. The van der Waals surface area contributed by atoms with Crippen LogP contribution in [0, 0.1) is 0 Å². The number of tetrazole rings is 1. The Morgan fingerprint density at radius 2 is 2.27 bits per heavy atom. The van der Waals surface area contributed by atoms with E-state index >= 15 is 0 Å². The molecule has 72 valence electrons. The van der Waals surface area contributed by atoms with Crippen LogP contribution in [0.15, 0.2) is 9.74 Å². The number of nitrogens with zero attached hydrogens (tertiary/aromatic N) is 10. The van der Waals surface area contributed by atoms with Crippen molar-refractivity contribution >= 4 is 22.8 Å². The van der Waals surface area contributed by atoms with Crippen molar-refractivity contribution in [2.45, 2.75) is 0 Å². The van der Waals surface area contributed by atoms with E-state index in [1.807, 2.05) is 0 Å². The third kappa shape index (κ3) is 0.912. The Kier molecular flexibility index (Phi) is 1.31. The maximum absolute atomic E-state index is 8.32. The van der Waals surface area contributed by atoms with Crippen LogP contribution in [0.3, 0.4) is 0 Å². The van der Waals surface area contributed by atoms with E-state index in [0.29, 0.717) is 0 Å². The molecular weight excluding hydrogens is 204 g/mol. The normalized spacial score (nSPS) is 10.7. The fraction of sp³-hybridized carbons (Fsp3) is 0. The zero-order valence-electron chi connectivity index (χ0n) is 6.88. The standard InChI is InChI=1S/C4N10O/c5-11-7-1-3-8-12-13-14(3)4-2(6-1)9-15-10-4. The van der Waals surface area contributed by atoms with Crippen molar-refractivity contribution in [1.29, 1.82) is 0 Å². The lowest BCUT2D eigenvalue weighted by Gasteiger charge is -1.91. The van der Waals surface area contributed by atoms with Gasteiger partial charge in [0.15, 0.2) is 5.82 Å². The van der Waals surface area contributed by atoms with Crippen LogP contribution in [0.1, 0.15) is 0 Å². The summed E-state index contributed by atoms with van der Waals surface area (Å²) in [5.41, 5.74) is 8.93. The van der Waals surface area contributed by atoms with Crippen molar-refractivity contribution in [2.75, 3.05) is 0 Å². The van der Waals surface area contributed by atoms with E-state index in [4.69, 9.17) is 5.53 Å². The third-order valence-corrected chi connectivity index (χ3v) is 1.68. The highest BCUT2D eigenvalue weighted by Gasteiger charge is 2.13. The molecule has 0 spiro atoms. The van der Waals surface area contributed by atoms with E-state index in [9.17, 15) is 0 Å². The topological polar surface area (TPSA) is 144 Å². The molecule has 0 aliphatic carbocycles. The fourth-order valence-electron chi connectivity index (χ4n) is 1.11. The van der Waals surface area contributed by atoms with Gasteiger partial charge in [-0.25, -0.2) is 9.61 Å². The van der Waals surface area contributed by atoms with Crippen molar-refractivity contribution in [3.05, 3.63) is 10.4 Å². The lowest BCUT2D eigenvalue weighted by atomic mass is 10.6. The minimum atomic E-state index is 0.0192. The Hall–Kier alpha value is -2.81.